The number of hydrogen-bond donors (Lipinski definition) is 1. The number of hydrogen-bond acceptors (Lipinski definition) is 3. The van der Waals surface area contributed by atoms with Gasteiger partial charge in [0.25, 0.3) is 0 Å². The number of carbonyl (C=O) groups excluding carboxylic acids is 1. The number of carbonyl (C=O) groups is 1. The van der Waals surface area contributed by atoms with Crippen molar-refractivity contribution in [1.29, 1.82) is 0 Å². The Morgan fingerprint density at radius 2 is 1.91 bits per heavy atom. The molecule has 1 N–H and O–H groups in total. The molecular weight excluding hydrogens is 336 g/mol. The van der Waals surface area contributed by atoms with E-state index in [0.29, 0.717) is 37.9 Å². The van der Waals surface area contributed by atoms with Gasteiger partial charge in [0.1, 0.15) is 0 Å². The zero-order valence-electron chi connectivity index (χ0n) is 13.4. The van der Waals surface area contributed by atoms with E-state index in [1.807, 2.05) is 0 Å². The molecule has 0 unspecified atom stereocenters. The van der Waals surface area contributed by atoms with Crippen LogP contribution in [-0.2, 0) is 14.8 Å². The van der Waals surface area contributed by atoms with Gasteiger partial charge in [-0.05, 0) is 56.8 Å². The largest absolute Gasteiger partial charge is 0.354 e. The van der Waals surface area contributed by atoms with Crippen LogP contribution in [0, 0.1) is 17.3 Å². The molecule has 130 valence electrons. The van der Waals surface area contributed by atoms with Gasteiger partial charge in [-0.25, -0.2) is 12.7 Å². The van der Waals surface area contributed by atoms with Crippen molar-refractivity contribution >= 4 is 27.5 Å². The first-order valence-electron chi connectivity index (χ1n) is 8.75. The molecule has 1 saturated heterocycles. The molecule has 4 aliphatic carbocycles. The van der Waals surface area contributed by atoms with Crippen molar-refractivity contribution in [2.24, 2.45) is 17.3 Å². The van der Waals surface area contributed by atoms with E-state index in [1.165, 1.54) is 10.7 Å². The highest BCUT2D eigenvalue weighted by Crippen LogP contribution is 2.63. The molecule has 4 saturated carbocycles. The van der Waals surface area contributed by atoms with Crippen molar-refractivity contribution in [1.82, 2.24) is 9.62 Å². The third-order valence-corrected chi connectivity index (χ3v) is 8.72. The second-order valence-electron chi connectivity index (χ2n) is 8.22. The highest BCUT2D eigenvalue weighted by molar-refractivity contribution is 7.89. The summed E-state index contributed by atoms with van der Waals surface area (Å²) >= 11 is 6.77. The average molecular weight is 361 g/mol. The predicted octanol–water partition coefficient (Wildman–Crippen LogP) is 1.72. The first-order chi connectivity index (χ1) is 10.8. The molecule has 5 nitrogen and oxygen atoms in total. The van der Waals surface area contributed by atoms with Crippen LogP contribution in [0.15, 0.2) is 0 Å². The zero-order chi connectivity index (χ0) is 16.3. The lowest BCUT2D eigenvalue weighted by molar-refractivity contribution is -0.144. The standard InChI is InChI=1S/C16H25ClN2O3S/c17-16-9-12-6-13(10-16)8-15(7-12,11-16)14(20)18-2-4-19-3-1-5-23(19,21)22/h12-13H,1-11H2,(H,18,20)/t12-,13-,15?,16?/m1/s1. The maximum Gasteiger partial charge on any atom is 0.226 e. The first kappa shape index (κ1) is 16.2. The lowest BCUT2D eigenvalue weighted by Crippen LogP contribution is -2.58. The van der Waals surface area contributed by atoms with E-state index in [9.17, 15) is 13.2 Å². The molecule has 1 heterocycles. The Kier molecular flexibility index (Phi) is 3.75. The van der Waals surface area contributed by atoms with Crippen LogP contribution in [0.25, 0.3) is 0 Å². The number of rotatable bonds is 4. The van der Waals surface area contributed by atoms with Crippen molar-refractivity contribution in [3.05, 3.63) is 0 Å². The Morgan fingerprint density at radius 3 is 2.48 bits per heavy atom. The molecular formula is C16H25ClN2O3S. The highest BCUT2D eigenvalue weighted by atomic mass is 35.5. The van der Waals surface area contributed by atoms with Gasteiger partial charge in [-0.15, -0.1) is 11.6 Å². The Hall–Kier alpha value is -0.330. The molecule has 2 atom stereocenters. The van der Waals surface area contributed by atoms with Crippen molar-refractivity contribution in [2.45, 2.75) is 49.8 Å². The second kappa shape index (κ2) is 5.33. The monoisotopic (exact) mass is 360 g/mol. The summed E-state index contributed by atoms with van der Waals surface area (Å²) in [5, 5.41) is 3.02. The second-order valence-corrected chi connectivity index (χ2v) is 11.1. The lowest BCUT2D eigenvalue weighted by Gasteiger charge is -2.59. The summed E-state index contributed by atoms with van der Waals surface area (Å²) in [6, 6.07) is 0. The van der Waals surface area contributed by atoms with E-state index in [2.05, 4.69) is 5.32 Å². The van der Waals surface area contributed by atoms with Crippen LogP contribution < -0.4 is 5.32 Å². The summed E-state index contributed by atoms with van der Waals surface area (Å²) in [6.07, 6.45) is 6.77. The van der Waals surface area contributed by atoms with Crippen LogP contribution in [0.2, 0.25) is 0 Å². The third kappa shape index (κ3) is 2.81. The minimum absolute atomic E-state index is 0.105. The normalized spacial score (nSPS) is 44.6. The van der Waals surface area contributed by atoms with E-state index in [1.54, 1.807) is 0 Å². The van der Waals surface area contributed by atoms with Crippen LogP contribution in [0.5, 0.6) is 0 Å². The van der Waals surface area contributed by atoms with Crippen molar-refractivity contribution < 1.29 is 13.2 Å². The van der Waals surface area contributed by atoms with Crippen LogP contribution in [0.4, 0.5) is 0 Å². The maximum atomic E-state index is 12.8. The quantitative estimate of drug-likeness (QED) is 0.776. The zero-order valence-corrected chi connectivity index (χ0v) is 15.0. The van der Waals surface area contributed by atoms with Crippen LogP contribution in [0.3, 0.4) is 0 Å². The summed E-state index contributed by atoms with van der Waals surface area (Å²) in [7, 11) is -3.08. The predicted molar refractivity (Wildman–Crippen MR) is 88.7 cm³/mol. The number of nitrogens with one attached hydrogen (secondary N) is 1. The lowest BCUT2D eigenvalue weighted by atomic mass is 9.49. The fraction of sp³-hybridized carbons (Fsp3) is 0.938. The molecule has 1 amide bonds. The molecule has 5 fully saturated rings. The van der Waals surface area contributed by atoms with Crippen LogP contribution in [0.1, 0.15) is 44.9 Å². The molecule has 0 aromatic rings. The molecule has 0 aromatic carbocycles. The molecule has 7 heteroatoms. The van der Waals surface area contributed by atoms with Gasteiger partial charge in [-0.2, -0.15) is 0 Å². The Morgan fingerprint density at radius 1 is 1.22 bits per heavy atom. The summed E-state index contributed by atoms with van der Waals surface area (Å²) in [4.78, 5) is 12.7. The smallest absolute Gasteiger partial charge is 0.226 e. The SMILES string of the molecule is O=C(NCCN1CCCS1(=O)=O)C12C[C@H]3C[C@@H](CC(Cl)(C3)C1)C2. The highest BCUT2D eigenvalue weighted by Gasteiger charge is 2.59. The van der Waals surface area contributed by atoms with E-state index in [0.717, 1.165) is 32.1 Å². The summed E-state index contributed by atoms with van der Waals surface area (Å²) in [6.45, 7) is 1.38. The average Bonchev–Trinajstić information content (AvgIpc) is 2.75. The number of sulfonamides is 1. The van der Waals surface area contributed by atoms with Gasteiger partial charge in [-0.3, -0.25) is 4.79 Å². The molecule has 0 aromatic heterocycles. The van der Waals surface area contributed by atoms with Gasteiger partial charge in [-0.1, -0.05) is 0 Å². The van der Waals surface area contributed by atoms with Crippen molar-refractivity contribution in [3.63, 3.8) is 0 Å². The molecule has 4 bridgehead atoms. The Bertz CT molecular complexity index is 607. The molecule has 0 radical (unpaired) electrons. The van der Waals surface area contributed by atoms with Crippen molar-refractivity contribution in [3.8, 4) is 0 Å². The fourth-order valence-electron chi connectivity index (χ4n) is 5.84. The third-order valence-electron chi connectivity index (χ3n) is 6.32. The van der Waals surface area contributed by atoms with E-state index >= 15 is 0 Å². The summed E-state index contributed by atoms with van der Waals surface area (Å²) < 4.78 is 25.1. The summed E-state index contributed by atoms with van der Waals surface area (Å²) in [5.74, 6) is 1.54. The Balaban J connectivity index is 1.38. The topological polar surface area (TPSA) is 66.5 Å². The van der Waals surface area contributed by atoms with Gasteiger partial charge in [0.15, 0.2) is 0 Å². The summed E-state index contributed by atoms with van der Waals surface area (Å²) in [5.41, 5.74) is -0.296. The van der Waals surface area contributed by atoms with E-state index in [4.69, 9.17) is 11.6 Å². The van der Waals surface area contributed by atoms with Gasteiger partial charge in [0.05, 0.1) is 11.2 Å². The van der Waals surface area contributed by atoms with E-state index < -0.39 is 10.0 Å². The molecule has 5 aliphatic rings. The number of nitrogens with zero attached hydrogens (tertiary/aromatic N) is 1. The van der Waals surface area contributed by atoms with Crippen LogP contribution in [-0.4, -0.2) is 48.9 Å². The molecule has 5 rings (SSSR count). The van der Waals surface area contributed by atoms with E-state index in [-0.39, 0.29) is 21.9 Å². The minimum atomic E-state index is -3.08. The van der Waals surface area contributed by atoms with Crippen molar-refractivity contribution in [2.75, 3.05) is 25.4 Å². The minimum Gasteiger partial charge on any atom is -0.354 e. The van der Waals surface area contributed by atoms with Gasteiger partial charge in [0.2, 0.25) is 15.9 Å². The first-order valence-corrected chi connectivity index (χ1v) is 10.7. The number of halogens is 1. The van der Waals surface area contributed by atoms with Crippen LogP contribution >= 0.6 is 11.6 Å². The molecule has 1 aliphatic heterocycles. The fourth-order valence-corrected chi connectivity index (χ4v) is 8.06. The molecule has 0 spiro atoms. The maximum absolute atomic E-state index is 12.8. The molecule has 23 heavy (non-hydrogen) atoms. The van der Waals surface area contributed by atoms with Gasteiger partial charge >= 0.3 is 0 Å². The number of amides is 1. The number of alkyl halides is 1. The Labute approximate surface area is 143 Å². The van der Waals surface area contributed by atoms with Gasteiger partial charge in [0, 0.05) is 24.5 Å². The van der Waals surface area contributed by atoms with Gasteiger partial charge < -0.3 is 5.32 Å².